The van der Waals surface area contributed by atoms with Crippen molar-refractivity contribution in [1.29, 1.82) is 0 Å². The molecule has 0 amide bonds. The molecule has 0 bridgehead atoms. The van der Waals surface area contributed by atoms with Gasteiger partial charge in [0, 0.05) is 13.1 Å². The number of methoxy groups -OCH3 is 1. The summed E-state index contributed by atoms with van der Waals surface area (Å²) >= 11 is 0. The number of benzene rings is 1. The standard InChI is InChI=1S/C13H14N2O2/c1-14-12-4-3-5-13(15-12)17-11-8-6-10(16-2)7-9-11/h3-9H,1-2H3,(H,14,15). The van der Waals surface area contributed by atoms with Crippen LogP contribution in [0.3, 0.4) is 0 Å². The summed E-state index contributed by atoms with van der Waals surface area (Å²) < 4.78 is 10.7. The Kier molecular flexibility index (Phi) is 3.45. The Morgan fingerprint density at radius 2 is 1.71 bits per heavy atom. The van der Waals surface area contributed by atoms with Crippen LogP contribution in [-0.4, -0.2) is 19.1 Å². The molecule has 0 aliphatic carbocycles. The molecule has 0 aliphatic rings. The van der Waals surface area contributed by atoms with Crippen LogP contribution in [0.25, 0.3) is 0 Å². The lowest BCUT2D eigenvalue weighted by Crippen LogP contribution is -1.94. The fourth-order valence-corrected chi connectivity index (χ4v) is 1.38. The van der Waals surface area contributed by atoms with Gasteiger partial charge in [0.2, 0.25) is 5.88 Å². The summed E-state index contributed by atoms with van der Waals surface area (Å²) in [7, 11) is 3.45. The van der Waals surface area contributed by atoms with Crippen molar-refractivity contribution in [2.45, 2.75) is 0 Å². The van der Waals surface area contributed by atoms with Gasteiger partial charge >= 0.3 is 0 Å². The van der Waals surface area contributed by atoms with Gasteiger partial charge < -0.3 is 14.8 Å². The lowest BCUT2D eigenvalue weighted by Gasteiger charge is -2.06. The SMILES string of the molecule is CNc1cccc(Oc2ccc(OC)cc2)n1. The molecule has 1 aromatic carbocycles. The topological polar surface area (TPSA) is 43.4 Å². The third-order valence-corrected chi connectivity index (χ3v) is 2.26. The number of nitrogens with one attached hydrogen (secondary N) is 1. The summed E-state index contributed by atoms with van der Waals surface area (Å²) in [5.74, 6) is 2.86. The van der Waals surface area contributed by atoms with Gasteiger partial charge in [-0.2, -0.15) is 4.98 Å². The number of hydrogen-bond acceptors (Lipinski definition) is 4. The second-order valence-electron chi connectivity index (χ2n) is 3.39. The molecule has 0 unspecified atom stereocenters. The van der Waals surface area contributed by atoms with E-state index in [2.05, 4.69) is 10.3 Å². The molecular weight excluding hydrogens is 216 g/mol. The molecule has 4 nitrogen and oxygen atoms in total. The first-order valence-electron chi connectivity index (χ1n) is 5.28. The highest BCUT2D eigenvalue weighted by molar-refractivity contribution is 5.38. The zero-order valence-corrected chi connectivity index (χ0v) is 9.81. The summed E-state index contributed by atoms with van der Waals surface area (Å²) in [6, 6.07) is 12.9. The molecule has 1 aromatic heterocycles. The van der Waals surface area contributed by atoms with Crippen LogP contribution in [0.15, 0.2) is 42.5 Å². The van der Waals surface area contributed by atoms with Crippen LogP contribution in [0.2, 0.25) is 0 Å². The number of nitrogens with zero attached hydrogens (tertiary/aromatic N) is 1. The molecule has 1 N–H and O–H groups in total. The summed E-state index contributed by atoms with van der Waals surface area (Å²) in [6.07, 6.45) is 0. The number of aromatic nitrogens is 1. The van der Waals surface area contributed by atoms with Crippen molar-refractivity contribution in [2.75, 3.05) is 19.5 Å². The van der Waals surface area contributed by atoms with Gasteiger partial charge in [0.1, 0.15) is 17.3 Å². The van der Waals surface area contributed by atoms with Crippen molar-refractivity contribution in [2.24, 2.45) is 0 Å². The smallest absolute Gasteiger partial charge is 0.221 e. The Bertz CT molecular complexity index is 483. The number of ether oxygens (including phenoxy) is 2. The molecule has 88 valence electrons. The summed E-state index contributed by atoms with van der Waals surface area (Å²) in [6.45, 7) is 0. The molecule has 0 saturated carbocycles. The van der Waals surface area contributed by atoms with E-state index in [1.54, 1.807) is 7.11 Å². The molecule has 0 saturated heterocycles. The van der Waals surface area contributed by atoms with Crippen LogP contribution in [0, 0.1) is 0 Å². The maximum Gasteiger partial charge on any atom is 0.221 e. The monoisotopic (exact) mass is 230 g/mol. The van der Waals surface area contributed by atoms with Crippen molar-refractivity contribution in [1.82, 2.24) is 4.98 Å². The number of hydrogen-bond donors (Lipinski definition) is 1. The van der Waals surface area contributed by atoms with Gasteiger partial charge in [-0.3, -0.25) is 0 Å². The Labute approximate surface area is 100 Å². The maximum absolute atomic E-state index is 5.61. The molecule has 4 heteroatoms. The zero-order valence-electron chi connectivity index (χ0n) is 9.81. The second-order valence-corrected chi connectivity index (χ2v) is 3.39. The van der Waals surface area contributed by atoms with Gasteiger partial charge in [-0.05, 0) is 30.3 Å². The molecule has 17 heavy (non-hydrogen) atoms. The summed E-state index contributed by atoms with van der Waals surface area (Å²) in [5.41, 5.74) is 0. The van der Waals surface area contributed by atoms with E-state index >= 15 is 0 Å². The predicted octanol–water partition coefficient (Wildman–Crippen LogP) is 2.92. The molecule has 0 fully saturated rings. The Balaban J connectivity index is 2.13. The third kappa shape index (κ3) is 2.87. The van der Waals surface area contributed by atoms with Gasteiger partial charge in [0.05, 0.1) is 7.11 Å². The van der Waals surface area contributed by atoms with Gasteiger partial charge in [-0.25, -0.2) is 0 Å². The highest BCUT2D eigenvalue weighted by atomic mass is 16.5. The lowest BCUT2D eigenvalue weighted by molar-refractivity contribution is 0.412. The Hall–Kier alpha value is -2.23. The first kappa shape index (κ1) is 11.3. The van der Waals surface area contributed by atoms with Crippen molar-refractivity contribution in [3.8, 4) is 17.4 Å². The Morgan fingerprint density at radius 3 is 2.35 bits per heavy atom. The molecule has 0 radical (unpaired) electrons. The third-order valence-electron chi connectivity index (χ3n) is 2.26. The maximum atomic E-state index is 5.61. The van der Waals surface area contributed by atoms with Crippen LogP contribution in [-0.2, 0) is 0 Å². The average molecular weight is 230 g/mol. The molecule has 2 rings (SSSR count). The minimum Gasteiger partial charge on any atom is -0.497 e. The van der Waals surface area contributed by atoms with Crippen molar-refractivity contribution in [3.05, 3.63) is 42.5 Å². The van der Waals surface area contributed by atoms with Crippen molar-refractivity contribution < 1.29 is 9.47 Å². The highest BCUT2D eigenvalue weighted by Crippen LogP contribution is 2.22. The molecular formula is C13H14N2O2. The molecule has 0 atom stereocenters. The van der Waals surface area contributed by atoms with Crippen LogP contribution >= 0.6 is 0 Å². The molecule has 2 aromatic rings. The first-order valence-corrected chi connectivity index (χ1v) is 5.28. The lowest BCUT2D eigenvalue weighted by atomic mass is 10.3. The summed E-state index contributed by atoms with van der Waals surface area (Å²) in [5, 5.41) is 2.96. The highest BCUT2D eigenvalue weighted by Gasteiger charge is 2.00. The first-order chi connectivity index (χ1) is 8.31. The van der Waals surface area contributed by atoms with Crippen LogP contribution in [0.1, 0.15) is 0 Å². The number of rotatable bonds is 4. The van der Waals surface area contributed by atoms with Crippen LogP contribution in [0.4, 0.5) is 5.82 Å². The number of pyridine rings is 1. The predicted molar refractivity (Wildman–Crippen MR) is 66.9 cm³/mol. The van der Waals surface area contributed by atoms with Crippen LogP contribution in [0.5, 0.6) is 17.4 Å². The van der Waals surface area contributed by atoms with E-state index in [0.717, 1.165) is 17.3 Å². The molecule has 0 spiro atoms. The second kappa shape index (κ2) is 5.21. The normalized spacial score (nSPS) is 9.76. The van der Waals surface area contributed by atoms with Gasteiger partial charge in [0.15, 0.2) is 0 Å². The molecule has 0 aliphatic heterocycles. The minimum atomic E-state index is 0.557. The largest absolute Gasteiger partial charge is 0.497 e. The minimum absolute atomic E-state index is 0.557. The van der Waals surface area contributed by atoms with E-state index in [1.165, 1.54) is 0 Å². The zero-order chi connectivity index (χ0) is 12.1. The number of anilines is 1. The van der Waals surface area contributed by atoms with E-state index in [0.29, 0.717) is 5.88 Å². The van der Waals surface area contributed by atoms with E-state index in [1.807, 2.05) is 49.5 Å². The van der Waals surface area contributed by atoms with Gasteiger partial charge in [0.25, 0.3) is 0 Å². The van der Waals surface area contributed by atoms with E-state index < -0.39 is 0 Å². The average Bonchev–Trinajstić information content (AvgIpc) is 2.40. The van der Waals surface area contributed by atoms with E-state index in [9.17, 15) is 0 Å². The van der Waals surface area contributed by atoms with E-state index in [-0.39, 0.29) is 0 Å². The van der Waals surface area contributed by atoms with Gasteiger partial charge in [-0.1, -0.05) is 6.07 Å². The van der Waals surface area contributed by atoms with Crippen LogP contribution < -0.4 is 14.8 Å². The fourth-order valence-electron chi connectivity index (χ4n) is 1.38. The van der Waals surface area contributed by atoms with Crippen molar-refractivity contribution >= 4 is 5.82 Å². The van der Waals surface area contributed by atoms with Crippen molar-refractivity contribution in [3.63, 3.8) is 0 Å². The quantitative estimate of drug-likeness (QED) is 0.877. The molecule has 1 heterocycles. The summed E-state index contributed by atoms with van der Waals surface area (Å²) in [4.78, 5) is 4.26. The van der Waals surface area contributed by atoms with Gasteiger partial charge in [-0.15, -0.1) is 0 Å². The Morgan fingerprint density at radius 1 is 1.00 bits per heavy atom. The fraction of sp³-hybridized carbons (Fsp3) is 0.154. The van der Waals surface area contributed by atoms with E-state index in [4.69, 9.17) is 9.47 Å².